The van der Waals surface area contributed by atoms with Gasteiger partial charge in [-0.05, 0) is 38.7 Å². The van der Waals surface area contributed by atoms with Gasteiger partial charge in [0.05, 0.1) is 6.26 Å². The van der Waals surface area contributed by atoms with E-state index in [0.29, 0.717) is 24.3 Å². The normalized spacial score (nSPS) is 18.0. The summed E-state index contributed by atoms with van der Waals surface area (Å²) in [5.74, 6) is 0.242. The molecule has 0 N–H and O–H groups in total. The third kappa shape index (κ3) is 7.95. The number of Topliss-reactive ketones (excluding diaryl/α,β-unsaturated/α-hetero) is 1. The van der Waals surface area contributed by atoms with Gasteiger partial charge in [0, 0.05) is 24.5 Å². The van der Waals surface area contributed by atoms with E-state index in [1.807, 2.05) is 27.7 Å². The summed E-state index contributed by atoms with van der Waals surface area (Å²) in [6.45, 7) is 11.7. The van der Waals surface area contributed by atoms with E-state index in [-0.39, 0.29) is 5.78 Å². The molecule has 4 heteroatoms. The van der Waals surface area contributed by atoms with E-state index < -0.39 is 12.3 Å². The molecule has 1 aliphatic heterocycles. The summed E-state index contributed by atoms with van der Waals surface area (Å²) in [4.78, 5) is 23.6. The van der Waals surface area contributed by atoms with Gasteiger partial charge >= 0.3 is 5.97 Å². The zero-order chi connectivity index (χ0) is 18.1. The lowest BCUT2D eigenvalue weighted by atomic mass is 10.0. The molecule has 1 rings (SSSR count). The molecular weight excluding hydrogens is 304 g/mol. The molecule has 1 aliphatic rings. The van der Waals surface area contributed by atoms with Crippen molar-refractivity contribution in [2.45, 2.75) is 59.7 Å². The van der Waals surface area contributed by atoms with Crippen molar-refractivity contribution in [3.8, 4) is 0 Å². The summed E-state index contributed by atoms with van der Waals surface area (Å²) in [5.41, 5.74) is 2.63. The molecule has 0 radical (unpaired) electrons. The van der Waals surface area contributed by atoms with Crippen LogP contribution in [-0.4, -0.2) is 18.0 Å². The van der Waals surface area contributed by atoms with E-state index in [2.05, 4.69) is 12.7 Å². The molecule has 0 aromatic heterocycles. The van der Waals surface area contributed by atoms with Crippen LogP contribution in [-0.2, 0) is 19.1 Å². The van der Waals surface area contributed by atoms with Crippen molar-refractivity contribution in [2.24, 2.45) is 5.92 Å². The summed E-state index contributed by atoms with van der Waals surface area (Å²) in [7, 11) is 0. The van der Waals surface area contributed by atoms with Gasteiger partial charge < -0.3 is 9.47 Å². The van der Waals surface area contributed by atoms with Crippen LogP contribution in [0.2, 0.25) is 0 Å². The molecule has 0 saturated heterocycles. The van der Waals surface area contributed by atoms with Crippen molar-refractivity contribution < 1.29 is 19.1 Å². The lowest BCUT2D eigenvalue weighted by molar-refractivity contribution is -0.155. The first-order valence-corrected chi connectivity index (χ1v) is 8.34. The zero-order valence-electron chi connectivity index (χ0n) is 15.1. The molecule has 1 atom stereocenters. The number of rotatable bonds is 9. The van der Waals surface area contributed by atoms with E-state index in [1.165, 1.54) is 12.3 Å². The second-order valence-corrected chi connectivity index (χ2v) is 6.68. The number of esters is 1. The first-order chi connectivity index (χ1) is 11.3. The van der Waals surface area contributed by atoms with Crippen LogP contribution in [0.25, 0.3) is 0 Å². The van der Waals surface area contributed by atoms with Crippen LogP contribution in [0.5, 0.6) is 0 Å². The quantitative estimate of drug-likeness (QED) is 0.351. The summed E-state index contributed by atoms with van der Waals surface area (Å²) >= 11 is 0. The topological polar surface area (TPSA) is 52.6 Å². The molecule has 1 heterocycles. The minimum Gasteiger partial charge on any atom is -0.458 e. The molecule has 4 nitrogen and oxygen atoms in total. The summed E-state index contributed by atoms with van der Waals surface area (Å²) in [6.07, 6.45) is 8.63. The average Bonchev–Trinajstić information content (AvgIpc) is 2.82. The minimum atomic E-state index is -0.712. The Morgan fingerprint density at radius 3 is 2.62 bits per heavy atom. The van der Waals surface area contributed by atoms with Crippen LogP contribution < -0.4 is 0 Å². The number of carbonyl (C=O) groups is 2. The third-order valence-electron chi connectivity index (χ3n) is 3.52. The van der Waals surface area contributed by atoms with E-state index in [0.717, 1.165) is 24.0 Å². The van der Waals surface area contributed by atoms with E-state index in [1.54, 1.807) is 6.08 Å². The second-order valence-electron chi connectivity index (χ2n) is 6.68. The highest BCUT2D eigenvalue weighted by Gasteiger charge is 2.19. The van der Waals surface area contributed by atoms with E-state index >= 15 is 0 Å². The Labute approximate surface area is 144 Å². The molecule has 0 aromatic rings. The Morgan fingerprint density at radius 2 is 2.04 bits per heavy atom. The van der Waals surface area contributed by atoms with Crippen LogP contribution in [0, 0.1) is 5.92 Å². The predicted octanol–water partition coefficient (Wildman–Crippen LogP) is 4.63. The molecule has 24 heavy (non-hydrogen) atoms. The number of hydrogen-bond donors (Lipinski definition) is 0. The molecule has 0 aliphatic carbocycles. The molecule has 0 saturated carbocycles. The summed E-state index contributed by atoms with van der Waals surface area (Å²) in [5, 5.41) is 0. The van der Waals surface area contributed by atoms with Crippen molar-refractivity contribution in [2.75, 3.05) is 0 Å². The first kappa shape index (κ1) is 19.9. The lowest BCUT2D eigenvalue weighted by Crippen LogP contribution is -2.16. The SMILES string of the molecule is C=C1C=CO[C@H]1OC(=O)/C=C(\C)CC/C=C(\C)CC(=O)CC(C)C. The van der Waals surface area contributed by atoms with Gasteiger partial charge in [-0.3, -0.25) is 4.79 Å². The maximum atomic E-state index is 11.8. The fraction of sp³-hybridized carbons (Fsp3) is 0.500. The minimum absolute atomic E-state index is 0.278. The van der Waals surface area contributed by atoms with Crippen LogP contribution in [0.4, 0.5) is 0 Å². The maximum absolute atomic E-state index is 11.8. The van der Waals surface area contributed by atoms with E-state index in [9.17, 15) is 9.59 Å². The highest BCUT2D eigenvalue weighted by Crippen LogP contribution is 2.17. The Kier molecular flexibility index (Phi) is 8.24. The number of ether oxygens (including phenoxy) is 2. The van der Waals surface area contributed by atoms with Crippen LogP contribution >= 0.6 is 0 Å². The van der Waals surface area contributed by atoms with Gasteiger partial charge in [0.25, 0.3) is 6.29 Å². The van der Waals surface area contributed by atoms with Gasteiger partial charge in [0.1, 0.15) is 5.78 Å². The van der Waals surface area contributed by atoms with Gasteiger partial charge in [-0.2, -0.15) is 0 Å². The number of carbonyl (C=O) groups excluding carboxylic acids is 2. The van der Waals surface area contributed by atoms with Gasteiger partial charge in [-0.1, -0.05) is 37.6 Å². The van der Waals surface area contributed by atoms with Gasteiger partial charge in [-0.25, -0.2) is 4.79 Å². The smallest absolute Gasteiger partial charge is 0.334 e. The Balaban J connectivity index is 2.34. The fourth-order valence-corrected chi connectivity index (χ4v) is 2.34. The molecular formula is C20H28O4. The van der Waals surface area contributed by atoms with Gasteiger partial charge in [0.2, 0.25) is 0 Å². The largest absolute Gasteiger partial charge is 0.458 e. The van der Waals surface area contributed by atoms with Crippen LogP contribution in [0.1, 0.15) is 53.4 Å². The van der Waals surface area contributed by atoms with Gasteiger partial charge in [-0.15, -0.1) is 0 Å². The molecule has 0 bridgehead atoms. The standard InChI is InChI=1S/C20H28O4/c1-14(2)11-18(21)12-15(3)7-6-8-16(4)13-19(22)24-20-17(5)9-10-23-20/h7,9-10,13-14,20H,5-6,8,11-12H2,1-4H3/b15-7+,16-13+/t20-/m0/s1. The summed E-state index contributed by atoms with van der Waals surface area (Å²) < 4.78 is 10.3. The highest BCUT2D eigenvalue weighted by molar-refractivity contribution is 5.83. The van der Waals surface area contributed by atoms with Crippen LogP contribution in [0.3, 0.4) is 0 Å². The Bertz CT molecular complexity index is 564. The Morgan fingerprint density at radius 1 is 1.33 bits per heavy atom. The van der Waals surface area contributed by atoms with Crippen molar-refractivity contribution in [3.05, 3.63) is 47.8 Å². The maximum Gasteiger partial charge on any atom is 0.334 e. The molecule has 0 spiro atoms. The predicted molar refractivity (Wildman–Crippen MR) is 95.1 cm³/mol. The lowest BCUT2D eigenvalue weighted by Gasteiger charge is -2.11. The number of ketones is 1. The molecule has 0 unspecified atom stereocenters. The molecule has 0 aromatic carbocycles. The monoisotopic (exact) mass is 332 g/mol. The number of hydrogen-bond acceptors (Lipinski definition) is 4. The van der Waals surface area contributed by atoms with Gasteiger partial charge in [0.15, 0.2) is 0 Å². The second kappa shape index (κ2) is 9.91. The molecule has 132 valence electrons. The van der Waals surface area contributed by atoms with Crippen molar-refractivity contribution in [1.29, 1.82) is 0 Å². The molecule has 0 fully saturated rings. The van der Waals surface area contributed by atoms with Crippen molar-refractivity contribution >= 4 is 11.8 Å². The van der Waals surface area contributed by atoms with E-state index in [4.69, 9.17) is 9.47 Å². The Hall–Kier alpha value is -2.10. The summed E-state index contributed by atoms with van der Waals surface area (Å²) in [6, 6.07) is 0. The number of allylic oxidation sites excluding steroid dienone is 3. The fourth-order valence-electron chi connectivity index (χ4n) is 2.34. The average molecular weight is 332 g/mol. The highest BCUT2D eigenvalue weighted by atomic mass is 16.7. The zero-order valence-corrected chi connectivity index (χ0v) is 15.1. The van der Waals surface area contributed by atoms with Crippen molar-refractivity contribution in [1.82, 2.24) is 0 Å². The van der Waals surface area contributed by atoms with Crippen molar-refractivity contribution in [3.63, 3.8) is 0 Å². The first-order valence-electron chi connectivity index (χ1n) is 8.34. The third-order valence-corrected chi connectivity index (χ3v) is 3.52. The van der Waals surface area contributed by atoms with Crippen LogP contribution in [0.15, 0.2) is 47.8 Å². The molecule has 0 amide bonds.